The number of amides is 10. The average molecular weight is 1280 g/mol. The lowest BCUT2D eigenvalue weighted by Gasteiger charge is -2.27. The topological polar surface area (TPSA) is 411 Å². The summed E-state index contributed by atoms with van der Waals surface area (Å²) in [6.45, 7) is 8.38. The normalized spacial score (nSPS) is 19.9. The molecule has 27 heteroatoms. The molecule has 0 radical (unpaired) electrons. The minimum Gasteiger partial charge on any atom is -0.508 e. The Morgan fingerprint density at radius 3 is 1.69 bits per heavy atom. The van der Waals surface area contributed by atoms with Crippen LogP contribution in [0.25, 0.3) is 10.8 Å². The predicted molar refractivity (Wildman–Crippen MR) is 349 cm³/mol. The first-order valence-electron chi connectivity index (χ1n) is 30.9. The molecule has 1 aliphatic heterocycles. The summed E-state index contributed by atoms with van der Waals surface area (Å²) in [5, 5.41) is 51.7. The van der Waals surface area contributed by atoms with E-state index in [2.05, 4.69) is 76.4 Å². The number of aromatic hydroxyl groups is 1. The molecule has 1 heterocycles. The van der Waals surface area contributed by atoms with E-state index < -0.39 is 126 Å². The van der Waals surface area contributed by atoms with E-state index in [0.29, 0.717) is 55.5 Å². The summed E-state index contributed by atoms with van der Waals surface area (Å²) >= 11 is 4.08. The van der Waals surface area contributed by atoms with Crippen molar-refractivity contribution in [1.82, 2.24) is 63.8 Å². The number of phenols is 1. The third-order valence-electron chi connectivity index (χ3n) is 14.9. The highest BCUT2D eigenvalue weighted by Gasteiger charge is 2.35. The minimum absolute atomic E-state index is 0.0524. The Hall–Kier alpha value is -8.82. The van der Waals surface area contributed by atoms with Gasteiger partial charge in [-0.25, -0.2) is 0 Å². The molecule has 0 saturated carbocycles. The van der Waals surface area contributed by atoms with Gasteiger partial charge in [-0.3, -0.25) is 53.4 Å². The van der Waals surface area contributed by atoms with Gasteiger partial charge in [-0.15, -0.1) is 12.6 Å². The zero-order valence-electron chi connectivity index (χ0n) is 52.2. The Morgan fingerprint density at radius 1 is 0.571 bits per heavy atom. The monoisotopic (exact) mass is 1280 g/mol. The number of carbonyl (C=O) groups is 10. The molecule has 0 bridgehead atoms. The van der Waals surface area contributed by atoms with E-state index in [4.69, 9.17) is 16.9 Å². The Balaban J connectivity index is 1.60. The van der Waals surface area contributed by atoms with E-state index in [1.165, 1.54) is 12.1 Å². The molecular weight excluding hydrogens is 1190 g/mol. The first-order chi connectivity index (χ1) is 43.4. The number of hydrogen-bond donors (Lipinski definition) is 17. The lowest BCUT2D eigenvalue weighted by atomic mass is 10.00. The minimum atomic E-state index is -1.59. The highest BCUT2D eigenvalue weighted by Crippen LogP contribution is 2.19. The molecule has 0 aliphatic carbocycles. The van der Waals surface area contributed by atoms with E-state index in [-0.39, 0.29) is 75.3 Å². The predicted octanol–water partition coefficient (Wildman–Crippen LogP) is 0.334. The summed E-state index contributed by atoms with van der Waals surface area (Å²) in [5.74, 6) is -8.92. The van der Waals surface area contributed by atoms with Crippen molar-refractivity contribution in [3.8, 4) is 5.75 Å². The van der Waals surface area contributed by atoms with Crippen LogP contribution in [-0.4, -0.2) is 156 Å². The summed E-state index contributed by atoms with van der Waals surface area (Å²) in [4.78, 5) is 143. The molecular formula is C64H91N15O11S. The fraction of sp³-hybridized carbons (Fsp3) is 0.484. The highest BCUT2D eigenvalue weighted by atomic mass is 32.1. The van der Waals surface area contributed by atoms with Crippen LogP contribution in [0.2, 0.25) is 0 Å². The maximum Gasteiger partial charge on any atom is 0.250 e. The van der Waals surface area contributed by atoms with Crippen LogP contribution in [0, 0.1) is 5.41 Å². The number of guanidine groups is 1. The number of fused-ring (bicyclic) bond motifs is 1. The number of hydrogen-bond acceptors (Lipinski definition) is 15. The number of primary amides is 1. The van der Waals surface area contributed by atoms with E-state index in [1.807, 2.05) is 64.1 Å². The van der Waals surface area contributed by atoms with Crippen molar-refractivity contribution in [3.05, 3.63) is 114 Å². The SMILES string of the molecule is CC(C)NCCCC[C@@H]1NC(=O)[C@H](Cc2ccc(O)cc2)NC(=O)[C@H](Cc2ccccc2)NC(=O)CC[C@H](C(=O)N[C@@H](CCCCNC(C)C)C(=O)N[C@@H](S)C(N)=O)NC(=O)CNC(=O)[C@H](Cc2ccc3ccccc3c2)NC(=O)[C@@H](CCCNC(=N)N)NC1=O. The molecule has 1 aliphatic rings. The lowest BCUT2D eigenvalue weighted by Crippen LogP contribution is -2.60. The summed E-state index contributed by atoms with van der Waals surface area (Å²) < 4.78 is 0. The van der Waals surface area contributed by atoms with E-state index >= 15 is 0 Å². The van der Waals surface area contributed by atoms with E-state index in [9.17, 15) is 53.1 Å². The van der Waals surface area contributed by atoms with Crippen LogP contribution in [0.3, 0.4) is 0 Å². The maximum atomic E-state index is 14.9. The van der Waals surface area contributed by atoms with Gasteiger partial charge < -0.3 is 80.4 Å². The molecule has 494 valence electrons. The summed E-state index contributed by atoms with van der Waals surface area (Å²) in [7, 11) is 0. The van der Waals surface area contributed by atoms with Crippen molar-refractivity contribution in [3.63, 3.8) is 0 Å². The summed E-state index contributed by atoms with van der Waals surface area (Å²) in [5.41, 5.74) is 12.7. The standard InChI is InChI=1S/C64H91N15O11S/c1-38(2)68-30-12-10-19-46-57(85)75-48(21-14-32-70-64(66)67)58(86)77-50(36-42-22-25-43-17-8-9-18-44(43)33-42)56(84)71-37-54(82)72-49(59(87)74-47(20-11-13-31-69-39(3)4)60(88)79-63(91)55(65)83)28-29-53(81)73-51(34-40-15-6-5-7-16-40)61(89)78-52(62(90)76-46)35-41-23-26-45(80)27-24-41/h5-9,15-18,22-27,33,38-39,46-52,63,68-69,80,91H,10-14,19-21,28-32,34-37H2,1-4H3,(H2,65,83)(H,71,84)(H,72,82)(H,73,81)(H,74,87)(H,75,85)(H,76,90)(H,77,86)(H,78,89)(H,79,88)(H4,66,67,70)/t46-,47-,48+,49+,50-,51-,52-,63-/m0/s1. The van der Waals surface area contributed by atoms with Gasteiger partial charge in [0.1, 0.15) is 48.0 Å². The van der Waals surface area contributed by atoms with E-state index in [1.54, 1.807) is 48.5 Å². The fourth-order valence-corrected chi connectivity index (χ4v) is 10.2. The largest absolute Gasteiger partial charge is 0.508 e. The zero-order valence-corrected chi connectivity index (χ0v) is 53.1. The third-order valence-corrected chi connectivity index (χ3v) is 15.3. The molecule has 4 aromatic rings. The van der Waals surface area contributed by atoms with Gasteiger partial charge in [0.2, 0.25) is 59.1 Å². The molecule has 91 heavy (non-hydrogen) atoms. The quantitative estimate of drug-likeness (QED) is 0.0126. The highest BCUT2D eigenvalue weighted by molar-refractivity contribution is 7.81. The molecule has 0 spiro atoms. The number of nitrogens with one attached hydrogen (secondary N) is 13. The second-order valence-corrected chi connectivity index (χ2v) is 23.8. The smallest absolute Gasteiger partial charge is 0.250 e. The molecule has 18 N–H and O–H groups in total. The molecule has 0 aromatic heterocycles. The number of carbonyl (C=O) groups excluding carboxylic acids is 10. The Morgan fingerprint density at radius 2 is 1.09 bits per heavy atom. The first-order valence-corrected chi connectivity index (χ1v) is 31.5. The molecule has 4 aromatic carbocycles. The number of nitrogens with two attached hydrogens (primary N) is 2. The molecule has 26 nitrogen and oxygen atoms in total. The number of phenolic OH excluding ortho intramolecular Hbond substituents is 1. The summed E-state index contributed by atoms with van der Waals surface area (Å²) in [6.07, 6.45) is 0.806. The van der Waals surface area contributed by atoms with Gasteiger partial charge in [-0.05, 0) is 110 Å². The number of thiol groups is 1. The molecule has 10 amide bonds. The van der Waals surface area contributed by atoms with Crippen molar-refractivity contribution in [2.45, 2.75) is 171 Å². The molecule has 8 atom stereocenters. The van der Waals surface area contributed by atoms with Crippen LogP contribution in [0.15, 0.2) is 97.1 Å². The molecule has 1 fully saturated rings. The van der Waals surface area contributed by atoms with Crippen molar-refractivity contribution < 1.29 is 53.1 Å². The van der Waals surface area contributed by atoms with Gasteiger partial charge >= 0.3 is 0 Å². The van der Waals surface area contributed by atoms with Crippen molar-refractivity contribution in [2.24, 2.45) is 11.5 Å². The molecule has 1 saturated heterocycles. The van der Waals surface area contributed by atoms with Gasteiger partial charge in [0, 0.05) is 44.3 Å². The number of rotatable bonds is 27. The van der Waals surface area contributed by atoms with Crippen molar-refractivity contribution >= 4 is 88.4 Å². The Kier molecular flexibility index (Phi) is 30.5. The molecule has 0 unspecified atom stereocenters. The van der Waals surface area contributed by atoms with Gasteiger partial charge in [0.25, 0.3) is 0 Å². The van der Waals surface area contributed by atoms with E-state index in [0.717, 1.165) is 10.8 Å². The van der Waals surface area contributed by atoms with Crippen LogP contribution in [0.5, 0.6) is 5.75 Å². The maximum absolute atomic E-state index is 14.9. The van der Waals surface area contributed by atoms with Crippen LogP contribution in [0.1, 0.15) is 109 Å². The third kappa shape index (κ3) is 26.7. The van der Waals surface area contributed by atoms with Gasteiger partial charge in [-0.1, -0.05) is 113 Å². The summed E-state index contributed by atoms with van der Waals surface area (Å²) in [6, 6.07) is 18.0. The van der Waals surface area contributed by atoms with Gasteiger partial charge in [-0.2, -0.15) is 0 Å². The number of benzene rings is 4. The Labute approximate surface area is 536 Å². The fourth-order valence-electron chi connectivity index (χ4n) is 10.0. The second-order valence-electron chi connectivity index (χ2n) is 23.3. The number of unbranched alkanes of at least 4 members (excludes halogenated alkanes) is 2. The van der Waals surface area contributed by atoms with Gasteiger partial charge in [0.05, 0.1) is 6.54 Å². The lowest BCUT2D eigenvalue weighted by molar-refractivity contribution is -0.135. The van der Waals surface area contributed by atoms with Crippen LogP contribution < -0.4 is 75.3 Å². The Bertz CT molecular complexity index is 3100. The van der Waals surface area contributed by atoms with Crippen LogP contribution in [-0.2, 0) is 67.2 Å². The molecule has 5 rings (SSSR count). The average Bonchev–Trinajstić information content (AvgIpc) is 2.29. The zero-order chi connectivity index (χ0) is 66.4. The second kappa shape index (κ2) is 38.0. The first kappa shape index (κ1) is 72.9. The van der Waals surface area contributed by atoms with Crippen LogP contribution >= 0.6 is 12.6 Å². The van der Waals surface area contributed by atoms with Crippen LogP contribution in [0.4, 0.5) is 0 Å². The van der Waals surface area contributed by atoms with Gasteiger partial charge in [0.15, 0.2) is 11.3 Å². The van der Waals surface area contributed by atoms with Crippen molar-refractivity contribution in [2.75, 3.05) is 26.2 Å². The van der Waals surface area contributed by atoms with Crippen molar-refractivity contribution in [1.29, 1.82) is 5.41 Å².